The van der Waals surface area contributed by atoms with E-state index in [2.05, 4.69) is 26.5 Å². The molecule has 0 unspecified atom stereocenters. The molecule has 0 fully saturated rings. The number of benzene rings is 1. The van der Waals surface area contributed by atoms with Crippen LogP contribution in [0.5, 0.6) is 0 Å². The van der Waals surface area contributed by atoms with Gasteiger partial charge in [-0.1, -0.05) is 0 Å². The number of hydrogen-bond acceptors (Lipinski definition) is 3. The highest BCUT2D eigenvalue weighted by Gasteiger charge is 2.34. The van der Waals surface area contributed by atoms with Gasteiger partial charge in [-0.2, -0.15) is 23.5 Å². The van der Waals surface area contributed by atoms with Crippen molar-refractivity contribution in [1.82, 2.24) is 0 Å². The summed E-state index contributed by atoms with van der Waals surface area (Å²) in [5.41, 5.74) is 1.85. The number of nitriles is 1. The van der Waals surface area contributed by atoms with Gasteiger partial charge in [-0.05, 0) is 34.1 Å². The molecule has 17 heavy (non-hydrogen) atoms. The van der Waals surface area contributed by atoms with Crippen molar-refractivity contribution in [2.24, 2.45) is 5.10 Å². The average Bonchev–Trinajstić information content (AvgIpc) is 2.26. The van der Waals surface area contributed by atoms with Crippen LogP contribution in [0.3, 0.4) is 0 Å². The number of nitrogens with zero attached hydrogens (tertiary/aromatic N) is 2. The van der Waals surface area contributed by atoms with Gasteiger partial charge in [0.1, 0.15) is 11.9 Å². The summed E-state index contributed by atoms with van der Waals surface area (Å²) in [5, 5.41) is 11.5. The molecule has 8 heteroatoms. The van der Waals surface area contributed by atoms with Gasteiger partial charge in [0, 0.05) is 0 Å². The Hall–Kier alpha value is -1.62. The second-order valence-electron chi connectivity index (χ2n) is 2.82. The summed E-state index contributed by atoms with van der Waals surface area (Å²) in [4.78, 5) is 0. The van der Waals surface area contributed by atoms with Crippen LogP contribution >= 0.6 is 15.9 Å². The lowest BCUT2D eigenvalue weighted by molar-refractivity contribution is -0.0551. The zero-order chi connectivity index (χ0) is 13.1. The predicted octanol–water partition coefficient (Wildman–Crippen LogP) is 3.38. The van der Waals surface area contributed by atoms with Crippen molar-refractivity contribution in [3.8, 4) is 6.07 Å². The maximum atomic E-state index is 12.9. The van der Waals surface area contributed by atoms with Crippen LogP contribution in [-0.4, -0.2) is 10.8 Å². The third kappa shape index (κ3) is 3.71. The molecule has 1 N–H and O–H groups in total. The molecule has 0 atom stereocenters. The fourth-order valence-corrected chi connectivity index (χ4v) is 0.946. The van der Waals surface area contributed by atoms with E-state index in [1.807, 2.05) is 0 Å². The number of halogens is 5. The Balaban J connectivity index is 2.88. The molecule has 1 aromatic carbocycles. The Kier molecular flexibility index (Phi) is 4.07. The minimum absolute atomic E-state index is 0.0733. The van der Waals surface area contributed by atoms with Gasteiger partial charge in [0.25, 0.3) is 0 Å². The standard InChI is InChI=1S/C9H4BrF4N3/c10-8(9(12,13)14)17-16-6-1-2-7(11)5(3-6)4-15/h1-3,16H/b17-8-. The second-order valence-corrected chi connectivity index (χ2v) is 3.57. The van der Waals surface area contributed by atoms with E-state index >= 15 is 0 Å². The molecule has 0 aromatic heterocycles. The Morgan fingerprint density at radius 3 is 2.59 bits per heavy atom. The van der Waals surface area contributed by atoms with Crippen molar-refractivity contribution < 1.29 is 17.6 Å². The predicted molar refractivity (Wildman–Crippen MR) is 57.2 cm³/mol. The number of rotatable bonds is 2. The number of anilines is 1. The monoisotopic (exact) mass is 309 g/mol. The second kappa shape index (κ2) is 5.14. The maximum absolute atomic E-state index is 12.9. The van der Waals surface area contributed by atoms with Crippen LogP contribution in [0.1, 0.15) is 5.56 Å². The summed E-state index contributed by atoms with van der Waals surface area (Å²) in [5.74, 6) is -0.753. The van der Waals surface area contributed by atoms with Crippen LogP contribution in [0, 0.1) is 17.1 Å². The third-order valence-electron chi connectivity index (χ3n) is 1.60. The molecule has 0 aliphatic rings. The molecule has 90 valence electrons. The molecule has 0 saturated heterocycles. The zero-order valence-corrected chi connectivity index (χ0v) is 9.60. The van der Waals surface area contributed by atoms with Gasteiger partial charge < -0.3 is 0 Å². The Morgan fingerprint density at radius 2 is 2.06 bits per heavy atom. The fraction of sp³-hybridized carbons (Fsp3) is 0.111. The van der Waals surface area contributed by atoms with Crippen LogP contribution in [0.25, 0.3) is 0 Å². The van der Waals surface area contributed by atoms with Gasteiger partial charge in [0.15, 0.2) is 0 Å². The molecule has 0 saturated carbocycles. The first-order valence-electron chi connectivity index (χ1n) is 4.10. The summed E-state index contributed by atoms with van der Waals surface area (Å²) in [6.07, 6.45) is -4.61. The van der Waals surface area contributed by atoms with Crippen LogP contribution in [0.4, 0.5) is 23.2 Å². The first-order chi connectivity index (χ1) is 7.84. The number of hydrogen-bond donors (Lipinski definition) is 1. The molecule has 0 heterocycles. The van der Waals surface area contributed by atoms with Crippen molar-refractivity contribution in [3.05, 3.63) is 29.6 Å². The summed E-state index contributed by atoms with van der Waals surface area (Å²) in [6.45, 7) is 0. The highest BCUT2D eigenvalue weighted by Crippen LogP contribution is 2.21. The smallest absolute Gasteiger partial charge is 0.277 e. The molecule has 0 amide bonds. The first-order valence-corrected chi connectivity index (χ1v) is 4.90. The number of hydrazone groups is 1. The maximum Gasteiger partial charge on any atom is 0.441 e. The summed E-state index contributed by atoms with van der Waals surface area (Å²) in [6, 6.07) is 4.73. The lowest BCUT2D eigenvalue weighted by Crippen LogP contribution is -2.17. The van der Waals surface area contributed by atoms with Crippen molar-refractivity contribution in [2.75, 3.05) is 5.43 Å². The molecule has 3 nitrogen and oxygen atoms in total. The van der Waals surface area contributed by atoms with Crippen LogP contribution < -0.4 is 5.43 Å². The molecule has 1 rings (SSSR count). The largest absolute Gasteiger partial charge is 0.441 e. The molecule has 1 aromatic rings. The number of nitrogens with one attached hydrogen (secondary N) is 1. The lowest BCUT2D eigenvalue weighted by atomic mass is 10.2. The highest BCUT2D eigenvalue weighted by atomic mass is 79.9. The van der Waals surface area contributed by atoms with Crippen molar-refractivity contribution in [1.29, 1.82) is 5.26 Å². The zero-order valence-electron chi connectivity index (χ0n) is 8.02. The summed E-state index contributed by atoms with van der Waals surface area (Å²) >= 11 is 2.23. The van der Waals surface area contributed by atoms with Gasteiger partial charge in [0.05, 0.1) is 11.3 Å². The van der Waals surface area contributed by atoms with Gasteiger partial charge in [-0.25, -0.2) is 4.39 Å². The molecule has 0 radical (unpaired) electrons. The van der Waals surface area contributed by atoms with E-state index in [0.29, 0.717) is 0 Å². The molecule has 0 spiro atoms. The first kappa shape index (κ1) is 13.4. The van der Waals surface area contributed by atoms with E-state index < -0.39 is 16.6 Å². The Bertz CT molecular complexity index is 490. The quantitative estimate of drug-likeness (QED) is 0.517. The van der Waals surface area contributed by atoms with Crippen LogP contribution in [0.2, 0.25) is 0 Å². The molecular weight excluding hydrogens is 306 g/mol. The van der Waals surface area contributed by atoms with E-state index in [4.69, 9.17) is 5.26 Å². The lowest BCUT2D eigenvalue weighted by Gasteiger charge is -2.05. The van der Waals surface area contributed by atoms with Gasteiger partial charge >= 0.3 is 6.18 Å². The third-order valence-corrected chi connectivity index (χ3v) is 2.23. The van der Waals surface area contributed by atoms with E-state index in [1.165, 1.54) is 0 Å². The normalized spacial score (nSPS) is 12.1. The van der Waals surface area contributed by atoms with E-state index in [-0.39, 0.29) is 11.3 Å². The molecule has 0 aliphatic heterocycles. The highest BCUT2D eigenvalue weighted by molar-refractivity contribution is 9.18. The van der Waals surface area contributed by atoms with Crippen LogP contribution in [0.15, 0.2) is 23.3 Å². The molecular formula is C9H4BrF4N3. The van der Waals surface area contributed by atoms with E-state index in [1.54, 1.807) is 6.07 Å². The minimum atomic E-state index is -4.61. The van der Waals surface area contributed by atoms with E-state index in [0.717, 1.165) is 18.2 Å². The summed E-state index contributed by atoms with van der Waals surface area (Å²) in [7, 11) is 0. The van der Waals surface area contributed by atoms with Gasteiger partial charge in [-0.3, -0.25) is 5.43 Å². The Morgan fingerprint density at radius 1 is 1.41 bits per heavy atom. The molecule has 0 aliphatic carbocycles. The van der Waals surface area contributed by atoms with Crippen LogP contribution in [-0.2, 0) is 0 Å². The van der Waals surface area contributed by atoms with Crippen molar-refractivity contribution in [2.45, 2.75) is 6.18 Å². The Labute approximate surface area is 102 Å². The topological polar surface area (TPSA) is 48.2 Å². The summed E-state index contributed by atoms with van der Waals surface area (Å²) < 4.78 is 47.7. The fourth-order valence-electron chi connectivity index (χ4n) is 0.858. The van der Waals surface area contributed by atoms with Gasteiger partial charge in [-0.15, -0.1) is 0 Å². The van der Waals surface area contributed by atoms with Crippen molar-refractivity contribution >= 4 is 26.2 Å². The minimum Gasteiger partial charge on any atom is -0.277 e. The molecule has 0 bridgehead atoms. The average molecular weight is 310 g/mol. The van der Waals surface area contributed by atoms with E-state index in [9.17, 15) is 17.6 Å². The SMILES string of the molecule is N#Cc1cc(N/N=C(\Br)C(F)(F)F)ccc1F. The van der Waals surface area contributed by atoms with Gasteiger partial charge in [0.2, 0.25) is 4.62 Å². The number of alkyl halides is 3. The van der Waals surface area contributed by atoms with Crippen molar-refractivity contribution in [3.63, 3.8) is 0 Å².